The van der Waals surface area contributed by atoms with Gasteiger partial charge in [0.15, 0.2) is 5.82 Å². The molecule has 0 bridgehead atoms. The van der Waals surface area contributed by atoms with Crippen LogP contribution in [0.3, 0.4) is 0 Å². The van der Waals surface area contributed by atoms with Gasteiger partial charge in [-0.1, -0.05) is 30.3 Å². The van der Waals surface area contributed by atoms with E-state index in [0.29, 0.717) is 18.8 Å². The van der Waals surface area contributed by atoms with E-state index in [4.69, 9.17) is 9.47 Å². The zero-order valence-electron chi connectivity index (χ0n) is 16.8. The van der Waals surface area contributed by atoms with Crippen molar-refractivity contribution >= 4 is 17.8 Å². The third-order valence-electron chi connectivity index (χ3n) is 4.95. The van der Waals surface area contributed by atoms with Crippen LogP contribution in [0, 0.1) is 0 Å². The van der Waals surface area contributed by atoms with E-state index in [2.05, 4.69) is 20.8 Å². The van der Waals surface area contributed by atoms with Crippen molar-refractivity contribution in [2.75, 3.05) is 19.0 Å². The lowest BCUT2D eigenvalue weighted by atomic mass is 10.0. The van der Waals surface area contributed by atoms with Crippen LogP contribution in [0.2, 0.25) is 0 Å². The largest absolute Gasteiger partial charge is 0.446 e. The number of hydrogen-bond donors (Lipinski definition) is 3. The van der Waals surface area contributed by atoms with Crippen LogP contribution in [-0.4, -0.2) is 48.1 Å². The van der Waals surface area contributed by atoms with Gasteiger partial charge < -0.3 is 20.1 Å². The maximum atomic E-state index is 12.2. The van der Waals surface area contributed by atoms with Crippen molar-refractivity contribution in [2.45, 2.75) is 50.7 Å². The molecule has 29 heavy (non-hydrogen) atoms. The number of nitrogens with one attached hydrogen (secondary N) is 3. The minimum Gasteiger partial charge on any atom is -0.446 e. The Labute approximate surface area is 170 Å². The van der Waals surface area contributed by atoms with Gasteiger partial charge in [0, 0.05) is 24.8 Å². The number of ether oxygens (including phenoxy) is 2. The second-order valence-corrected chi connectivity index (χ2v) is 7.46. The molecule has 1 fully saturated rings. The molecule has 1 aliphatic rings. The Morgan fingerprint density at radius 2 is 2.07 bits per heavy atom. The maximum Gasteiger partial charge on any atom is 0.407 e. The molecule has 2 aromatic rings. The summed E-state index contributed by atoms with van der Waals surface area (Å²) in [6.45, 7) is 2.30. The van der Waals surface area contributed by atoms with E-state index in [-0.39, 0.29) is 24.0 Å². The standard InChI is InChI=1S/C21H28N4O4/c1-14(13-28-2)22-21(27)29-17-9-8-16(11-17)18-12-19(25-24-18)23-20(26)10-15-6-4-3-5-7-15/h3-7,12,14,16-17H,8-11,13H2,1-2H3,(H,22,27)(H2,23,24,25,26)/t14-,16-,17+/m0/s1. The van der Waals surface area contributed by atoms with Crippen molar-refractivity contribution < 1.29 is 19.1 Å². The number of carbonyl (C=O) groups excluding carboxylic acids is 2. The van der Waals surface area contributed by atoms with Crippen molar-refractivity contribution in [1.82, 2.24) is 15.5 Å². The van der Waals surface area contributed by atoms with Crippen LogP contribution in [0.25, 0.3) is 0 Å². The number of H-pyrrole nitrogens is 1. The number of nitrogens with zero attached hydrogens (tertiary/aromatic N) is 1. The van der Waals surface area contributed by atoms with Gasteiger partial charge in [0.1, 0.15) is 6.10 Å². The highest BCUT2D eigenvalue weighted by Gasteiger charge is 2.30. The molecule has 1 aromatic heterocycles. The zero-order valence-corrected chi connectivity index (χ0v) is 16.8. The van der Waals surface area contributed by atoms with Gasteiger partial charge in [-0.3, -0.25) is 9.89 Å². The molecule has 8 heteroatoms. The molecular weight excluding hydrogens is 372 g/mol. The molecule has 0 unspecified atom stereocenters. The second-order valence-electron chi connectivity index (χ2n) is 7.46. The Hall–Kier alpha value is -2.87. The van der Waals surface area contributed by atoms with Crippen LogP contribution in [-0.2, 0) is 20.7 Å². The normalized spacial score (nSPS) is 19.5. The number of carbonyl (C=O) groups is 2. The number of alkyl carbamates (subject to hydrolysis) is 1. The summed E-state index contributed by atoms with van der Waals surface area (Å²) >= 11 is 0. The van der Waals surface area contributed by atoms with Gasteiger partial charge in [-0.25, -0.2) is 4.79 Å². The predicted octanol–water partition coefficient (Wildman–Crippen LogP) is 2.99. The van der Waals surface area contributed by atoms with Crippen LogP contribution in [0.15, 0.2) is 36.4 Å². The predicted molar refractivity (Wildman–Crippen MR) is 109 cm³/mol. The van der Waals surface area contributed by atoms with Gasteiger partial charge in [0.05, 0.1) is 19.1 Å². The molecule has 1 heterocycles. The summed E-state index contributed by atoms with van der Waals surface area (Å²) in [5.74, 6) is 0.622. The number of methoxy groups -OCH3 is 1. The summed E-state index contributed by atoms with van der Waals surface area (Å²) in [5, 5.41) is 12.8. The SMILES string of the molecule is COC[C@H](C)NC(=O)O[C@@H]1CC[C@H](c2cc(NC(=O)Cc3ccccc3)n[nH]2)C1. The van der Waals surface area contributed by atoms with Crippen LogP contribution in [0.4, 0.5) is 10.6 Å². The highest BCUT2D eigenvalue weighted by Crippen LogP contribution is 2.35. The van der Waals surface area contributed by atoms with Crippen molar-refractivity contribution in [3.05, 3.63) is 47.7 Å². The van der Waals surface area contributed by atoms with Gasteiger partial charge in [-0.15, -0.1) is 0 Å². The van der Waals surface area contributed by atoms with Crippen LogP contribution < -0.4 is 10.6 Å². The van der Waals surface area contributed by atoms with E-state index >= 15 is 0 Å². The summed E-state index contributed by atoms with van der Waals surface area (Å²) in [7, 11) is 1.59. The topological polar surface area (TPSA) is 105 Å². The molecule has 156 valence electrons. The molecule has 1 saturated carbocycles. The average molecular weight is 400 g/mol. The summed E-state index contributed by atoms with van der Waals surface area (Å²) in [6, 6.07) is 11.3. The number of hydrogen-bond acceptors (Lipinski definition) is 5. The van der Waals surface area contributed by atoms with Crippen molar-refractivity contribution in [3.63, 3.8) is 0 Å². The number of anilines is 1. The van der Waals surface area contributed by atoms with Crippen LogP contribution in [0.5, 0.6) is 0 Å². The van der Waals surface area contributed by atoms with Gasteiger partial charge in [0.25, 0.3) is 0 Å². The molecule has 0 saturated heterocycles. The minimum atomic E-state index is -0.418. The Balaban J connectivity index is 1.46. The third-order valence-corrected chi connectivity index (χ3v) is 4.95. The second kappa shape index (κ2) is 10.1. The fraction of sp³-hybridized carbons (Fsp3) is 0.476. The number of benzene rings is 1. The van der Waals surface area contributed by atoms with Crippen molar-refractivity contribution in [1.29, 1.82) is 0 Å². The molecule has 0 spiro atoms. The Morgan fingerprint density at radius 3 is 2.83 bits per heavy atom. The molecule has 3 N–H and O–H groups in total. The van der Waals surface area contributed by atoms with Crippen LogP contribution in [0.1, 0.15) is 43.4 Å². The van der Waals surface area contributed by atoms with Crippen molar-refractivity contribution in [2.24, 2.45) is 0 Å². The minimum absolute atomic E-state index is 0.0978. The first kappa shape index (κ1) is 20.9. The molecule has 2 amide bonds. The van der Waals surface area contributed by atoms with Gasteiger partial charge in [0.2, 0.25) is 5.91 Å². The van der Waals surface area contributed by atoms with E-state index in [1.54, 1.807) is 7.11 Å². The van der Waals surface area contributed by atoms with Crippen LogP contribution >= 0.6 is 0 Å². The monoisotopic (exact) mass is 400 g/mol. The molecule has 1 aromatic carbocycles. The van der Waals surface area contributed by atoms with E-state index in [1.165, 1.54) is 0 Å². The molecule has 1 aliphatic carbocycles. The highest BCUT2D eigenvalue weighted by atomic mass is 16.6. The van der Waals surface area contributed by atoms with Gasteiger partial charge in [-0.05, 0) is 31.7 Å². The number of aromatic amines is 1. The lowest BCUT2D eigenvalue weighted by molar-refractivity contribution is -0.115. The molecule has 3 rings (SSSR count). The average Bonchev–Trinajstić information content (AvgIpc) is 3.32. The summed E-state index contributed by atoms with van der Waals surface area (Å²) in [5.41, 5.74) is 1.90. The fourth-order valence-electron chi connectivity index (χ4n) is 3.59. The summed E-state index contributed by atoms with van der Waals surface area (Å²) < 4.78 is 10.5. The lowest BCUT2D eigenvalue weighted by Gasteiger charge is -2.16. The first-order chi connectivity index (χ1) is 14.0. The molecule has 0 radical (unpaired) electrons. The first-order valence-electron chi connectivity index (χ1n) is 9.88. The molecule has 8 nitrogen and oxygen atoms in total. The number of rotatable bonds is 8. The first-order valence-corrected chi connectivity index (χ1v) is 9.88. The Bertz CT molecular complexity index is 808. The van der Waals surface area contributed by atoms with Gasteiger partial charge >= 0.3 is 6.09 Å². The smallest absolute Gasteiger partial charge is 0.407 e. The van der Waals surface area contributed by atoms with E-state index in [0.717, 1.165) is 30.5 Å². The maximum absolute atomic E-state index is 12.2. The molecular formula is C21H28N4O4. The quantitative estimate of drug-likeness (QED) is 0.632. The zero-order chi connectivity index (χ0) is 20.6. The molecule has 0 aliphatic heterocycles. The fourth-order valence-corrected chi connectivity index (χ4v) is 3.59. The molecule has 3 atom stereocenters. The lowest BCUT2D eigenvalue weighted by Crippen LogP contribution is -2.37. The van der Waals surface area contributed by atoms with E-state index in [1.807, 2.05) is 43.3 Å². The van der Waals surface area contributed by atoms with Crippen molar-refractivity contribution in [3.8, 4) is 0 Å². The Kier molecular flexibility index (Phi) is 7.24. The number of aromatic nitrogens is 2. The van der Waals surface area contributed by atoms with E-state index < -0.39 is 6.09 Å². The van der Waals surface area contributed by atoms with Gasteiger partial charge in [-0.2, -0.15) is 5.10 Å². The van der Waals surface area contributed by atoms with E-state index in [9.17, 15) is 9.59 Å². The Morgan fingerprint density at radius 1 is 1.28 bits per heavy atom. The third kappa shape index (κ3) is 6.32. The number of amides is 2. The highest BCUT2D eigenvalue weighted by molar-refractivity contribution is 5.91. The summed E-state index contributed by atoms with van der Waals surface area (Å²) in [4.78, 5) is 24.1. The summed E-state index contributed by atoms with van der Waals surface area (Å²) in [6.07, 6.45) is 2.18.